The molecule has 1 aromatic carbocycles. The van der Waals surface area contributed by atoms with Gasteiger partial charge >= 0.3 is 0 Å². The standard InChI is InChI=1S/C16H19N3S/c1-19(12-13-7-9-18-10-8-13)15(11-16(17)20)14-5-3-2-4-6-14/h2-10,15H,11-12H2,1H3,(H2,17,20). The highest BCUT2D eigenvalue weighted by Gasteiger charge is 2.18. The summed E-state index contributed by atoms with van der Waals surface area (Å²) in [6.45, 7) is 0.838. The monoisotopic (exact) mass is 285 g/mol. The van der Waals surface area contributed by atoms with Crippen molar-refractivity contribution in [2.75, 3.05) is 7.05 Å². The van der Waals surface area contributed by atoms with Gasteiger partial charge in [-0.05, 0) is 30.3 Å². The Morgan fingerprint density at radius 2 is 1.85 bits per heavy atom. The maximum atomic E-state index is 5.76. The summed E-state index contributed by atoms with van der Waals surface area (Å²) < 4.78 is 0. The van der Waals surface area contributed by atoms with Crippen LogP contribution in [0, 0.1) is 0 Å². The highest BCUT2D eigenvalue weighted by atomic mass is 32.1. The normalized spacial score (nSPS) is 12.3. The first-order valence-electron chi connectivity index (χ1n) is 6.59. The summed E-state index contributed by atoms with van der Waals surface area (Å²) >= 11 is 5.10. The number of thiocarbonyl (C=S) groups is 1. The van der Waals surface area contributed by atoms with E-state index in [9.17, 15) is 0 Å². The van der Waals surface area contributed by atoms with Gasteiger partial charge in [0.05, 0.1) is 4.99 Å². The van der Waals surface area contributed by atoms with Crippen LogP contribution in [-0.2, 0) is 6.54 Å². The molecule has 1 atom stereocenters. The lowest BCUT2D eigenvalue weighted by atomic mass is 10.0. The van der Waals surface area contributed by atoms with Gasteiger partial charge in [0.15, 0.2) is 0 Å². The number of benzene rings is 1. The Morgan fingerprint density at radius 3 is 2.45 bits per heavy atom. The van der Waals surface area contributed by atoms with Gasteiger partial charge in [0.2, 0.25) is 0 Å². The fraction of sp³-hybridized carbons (Fsp3) is 0.250. The van der Waals surface area contributed by atoms with Crippen LogP contribution in [0.2, 0.25) is 0 Å². The molecule has 1 unspecified atom stereocenters. The van der Waals surface area contributed by atoms with Gasteiger partial charge in [0.1, 0.15) is 0 Å². The van der Waals surface area contributed by atoms with Crippen LogP contribution in [0.15, 0.2) is 54.9 Å². The van der Waals surface area contributed by atoms with Crippen molar-refractivity contribution in [2.45, 2.75) is 19.0 Å². The summed E-state index contributed by atoms with van der Waals surface area (Å²) in [7, 11) is 2.09. The van der Waals surface area contributed by atoms with Gasteiger partial charge in [0, 0.05) is 31.4 Å². The van der Waals surface area contributed by atoms with Crippen molar-refractivity contribution in [2.24, 2.45) is 5.73 Å². The average Bonchev–Trinajstić information content (AvgIpc) is 2.46. The van der Waals surface area contributed by atoms with Gasteiger partial charge in [-0.2, -0.15) is 0 Å². The zero-order valence-electron chi connectivity index (χ0n) is 11.6. The molecule has 0 saturated carbocycles. The third-order valence-corrected chi connectivity index (χ3v) is 3.46. The van der Waals surface area contributed by atoms with Crippen molar-refractivity contribution in [3.05, 3.63) is 66.0 Å². The maximum Gasteiger partial charge on any atom is 0.0746 e. The van der Waals surface area contributed by atoms with Gasteiger partial charge in [-0.3, -0.25) is 9.88 Å². The second-order valence-corrected chi connectivity index (χ2v) is 5.39. The molecule has 20 heavy (non-hydrogen) atoms. The van der Waals surface area contributed by atoms with Crippen LogP contribution in [0.5, 0.6) is 0 Å². The Morgan fingerprint density at radius 1 is 1.20 bits per heavy atom. The molecular formula is C16H19N3S. The molecule has 0 saturated heterocycles. The van der Waals surface area contributed by atoms with E-state index in [1.807, 2.05) is 42.7 Å². The first-order chi connectivity index (χ1) is 9.66. The van der Waals surface area contributed by atoms with Crippen molar-refractivity contribution < 1.29 is 0 Å². The molecule has 0 bridgehead atoms. The summed E-state index contributed by atoms with van der Waals surface area (Å²) in [5.41, 5.74) is 8.22. The van der Waals surface area contributed by atoms with Crippen molar-refractivity contribution in [3.63, 3.8) is 0 Å². The molecule has 0 radical (unpaired) electrons. The molecule has 1 heterocycles. The van der Waals surface area contributed by atoms with Gasteiger partial charge in [-0.25, -0.2) is 0 Å². The SMILES string of the molecule is CN(Cc1ccncc1)C(CC(N)=S)c1ccccc1. The summed E-state index contributed by atoms with van der Waals surface area (Å²) in [6.07, 6.45) is 4.31. The largest absolute Gasteiger partial charge is 0.393 e. The number of nitrogens with zero attached hydrogens (tertiary/aromatic N) is 2. The molecule has 0 amide bonds. The van der Waals surface area contributed by atoms with Crippen molar-refractivity contribution in [3.8, 4) is 0 Å². The van der Waals surface area contributed by atoms with E-state index in [0.717, 1.165) is 6.54 Å². The third-order valence-electron chi connectivity index (χ3n) is 3.29. The zero-order chi connectivity index (χ0) is 14.4. The summed E-state index contributed by atoms with van der Waals surface area (Å²) in [5, 5.41) is 0. The molecule has 2 rings (SSSR count). The zero-order valence-corrected chi connectivity index (χ0v) is 12.4. The average molecular weight is 285 g/mol. The molecule has 2 N–H and O–H groups in total. The van der Waals surface area contributed by atoms with Crippen LogP contribution in [0.4, 0.5) is 0 Å². The second kappa shape index (κ2) is 7.12. The van der Waals surface area contributed by atoms with Crippen LogP contribution in [0.25, 0.3) is 0 Å². The van der Waals surface area contributed by atoms with Crippen molar-refractivity contribution in [1.82, 2.24) is 9.88 Å². The molecule has 1 aromatic heterocycles. The Balaban J connectivity index is 2.16. The number of hydrogen-bond donors (Lipinski definition) is 1. The van der Waals surface area contributed by atoms with Crippen LogP contribution < -0.4 is 5.73 Å². The molecule has 0 aliphatic carbocycles. The lowest BCUT2D eigenvalue weighted by Crippen LogP contribution is -2.28. The highest BCUT2D eigenvalue weighted by Crippen LogP contribution is 2.24. The molecule has 0 spiro atoms. The van der Waals surface area contributed by atoms with Gasteiger partial charge in [-0.1, -0.05) is 42.5 Å². The number of nitrogens with two attached hydrogens (primary N) is 1. The van der Waals surface area contributed by atoms with Crippen LogP contribution >= 0.6 is 12.2 Å². The Bertz CT molecular complexity index is 542. The second-order valence-electron chi connectivity index (χ2n) is 4.87. The van der Waals surface area contributed by atoms with Crippen LogP contribution in [-0.4, -0.2) is 21.9 Å². The van der Waals surface area contributed by atoms with E-state index in [0.29, 0.717) is 11.4 Å². The van der Waals surface area contributed by atoms with Gasteiger partial charge < -0.3 is 5.73 Å². The minimum atomic E-state index is 0.196. The Labute approximate surface area is 125 Å². The minimum Gasteiger partial charge on any atom is -0.393 e. The summed E-state index contributed by atoms with van der Waals surface area (Å²) in [5.74, 6) is 0. The molecule has 0 fully saturated rings. The van der Waals surface area contributed by atoms with E-state index in [2.05, 4.69) is 29.1 Å². The fourth-order valence-corrected chi connectivity index (χ4v) is 2.44. The number of hydrogen-bond acceptors (Lipinski definition) is 3. The molecule has 4 heteroatoms. The maximum absolute atomic E-state index is 5.76. The van der Waals surface area contributed by atoms with Crippen molar-refractivity contribution >= 4 is 17.2 Å². The molecule has 3 nitrogen and oxygen atoms in total. The number of aromatic nitrogens is 1. The lowest BCUT2D eigenvalue weighted by Gasteiger charge is -2.28. The topological polar surface area (TPSA) is 42.2 Å². The van der Waals surface area contributed by atoms with E-state index < -0.39 is 0 Å². The number of rotatable bonds is 6. The number of pyridine rings is 1. The lowest BCUT2D eigenvalue weighted by molar-refractivity contribution is 0.242. The molecular weight excluding hydrogens is 266 g/mol. The van der Waals surface area contributed by atoms with E-state index in [4.69, 9.17) is 18.0 Å². The third kappa shape index (κ3) is 4.11. The summed E-state index contributed by atoms with van der Waals surface area (Å²) in [6, 6.07) is 14.6. The minimum absolute atomic E-state index is 0.196. The van der Waals surface area contributed by atoms with E-state index in [1.165, 1.54) is 11.1 Å². The smallest absolute Gasteiger partial charge is 0.0746 e. The first kappa shape index (κ1) is 14.6. The molecule has 104 valence electrons. The van der Waals surface area contributed by atoms with E-state index in [1.54, 1.807) is 0 Å². The van der Waals surface area contributed by atoms with Gasteiger partial charge in [-0.15, -0.1) is 0 Å². The predicted molar refractivity (Wildman–Crippen MR) is 86.3 cm³/mol. The van der Waals surface area contributed by atoms with E-state index >= 15 is 0 Å². The molecule has 0 aliphatic heterocycles. The van der Waals surface area contributed by atoms with E-state index in [-0.39, 0.29) is 6.04 Å². The predicted octanol–water partition coefficient (Wildman–Crippen LogP) is 2.93. The first-order valence-corrected chi connectivity index (χ1v) is 7.00. The van der Waals surface area contributed by atoms with Gasteiger partial charge in [0.25, 0.3) is 0 Å². The Kier molecular flexibility index (Phi) is 5.21. The fourth-order valence-electron chi connectivity index (χ4n) is 2.28. The highest BCUT2D eigenvalue weighted by molar-refractivity contribution is 7.80. The van der Waals surface area contributed by atoms with Crippen molar-refractivity contribution in [1.29, 1.82) is 0 Å². The van der Waals surface area contributed by atoms with Crippen LogP contribution in [0.3, 0.4) is 0 Å². The quantitative estimate of drug-likeness (QED) is 0.829. The van der Waals surface area contributed by atoms with Crippen LogP contribution in [0.1, 0.15) is 23.6 Å². The summed E-state index contributed by atoms with van der Waals surface area (Å²) in [4.78, 5) is 6.85. The molecule has 0 aliphatic rings. The Hall–Kier alpha value is -1.78. The molecule has 2 aromatic rings.